The van der Waals surface area contributed by atoms with Gasteiger partial charge in [0.15, 0.2) is 0 Å². The predicted molar refractivity (Wildman–Crippen MR) is 102 cm³/mol. The number of ether oxygens (including phenoxy) is 1. The number of rotatable bonds is 9. The van der Waals surface area contributed by atoms with Gasteiger partial charge in [0, 0.05) is 12.1 Å². The zero-order valence-electron chi connectivity index (χ0n) is 14.2. The quantitative estimate of drug-likeness (QED) is 0.655. The first kappa shape index (κ1) is 19.1. The summed E-state index contributed by atoms with van der Waals surface area (Å²) >= 11 is 12.0. The van der Waals surface area contributed by atoms with Gasteiger partial charge in [-0.1, -0.05) is 47.5 Å². The van der Waals surface area contributed by atoms with Gasteiger partial charge in [-0.25, -0.2) is 0 Å². The number of hydrogen-bond donors (Lipinski definition) is 1. The Balaban J connectivity index is 1.87. The standard InChI is InChI=1S/C19H24Cl2N2O/c1-23(2)11-5-10-22-13-16-6-3-4-7-19(16)24-14-15-8-9-17(20)18(21)12-15/h3-4,6-9,12,22H,5,10-11,13-14H2,1-2H3. The van der Waals surface area contributed by atoms with Crippen molar-refractivity contribution in [1.82, 2.24) is 10.2 Å². The first-order valence-corrected chi connectivity index (χ1v) is 8.82. The van der Waals surface area contributed by atoms with E-state index < -0.39 is 0 Å². The van der Waals surface area contributed by atoms with Crippen LogP contribution in [0.1, 0.15) is 17.5 Å². The first-order chi connectivity index (χ1) is 11.6. The summed E-state index contributed by atoms with van der Waals surface area (Å²) in [6.07, 6.45) is 1.12. The highest BCUT2D eigenvalue weighted by molar-refractivity contribution is 6.42. The van der Waals surface area contributed by atoms with Gasteiger partial charge in [-0.3, -0.25) is 0 Å². The van der Waals surface area contributed by atoms with Crippen LogP contribution in [0.25, 0.3) is 0 Å². The van der Waals surface area contributed by atoms with E-state index in [0.717, 1.165) is 42.9 Å². The van der Waals surface area contributed by atoms with Gasteiger partial charge in [0.1, 0.15) is 12.4 Å². The summed E-state index contributed by atoms with van der Waals surface area (Å²) in [6, 6.07) is 13.7. The van der Waals surface area contributed by atoms with Gasteiger partial charge >= 0.3 is 0 Å². The Kier molecular flexibility index (Phi) is 7.86. The topological polar surface area (TPSA) is 24.5 Å². The van der Waals surface area contributed by atoms with E-state index in [4.69, 9.17) is 27.9 Å². The lowest BCUT2D eigenvalue weighted by Crippen LogP contribution is -2.21. The van der Waals surface area contributed by atoms with Gasteiger partial charge in [0.25, 0.3) is 0 Å². The van der Waals surface area contributed by atoms with Crippen LogP contribution in [-0.2, 0) is 13.2 Å². The average molecular weight is 367 g/mol. The van der Waals surface area contributed by atoms with E-state index in [2.05, 4.69) is 30.4 Å². The molecule has 0 radical (unpaired) electrons. The fourth-order valence-electron chi connectivity index (χ4n) is 2.32. The van der Waals surface area contributed by atoms with Crippen molar-refractivity contribution in [2.24, 2.45) is 0 Å². The molecule has 130 valence electrons. The van der Waals surface area contributed by atoms with Crippen molar-refractivity contribution in [2.75, 3.05) is 27.2 Å². The molecule has 24 heavy (non-hydrogen) atoms. The van der Waals surface area contributed by atoms with Crippen LogP contribution >= 0.6 is 23.2 Å². The van der Waals surface area contributed by atoms with E-state index in [1.54, 1.807) is 6.07 Å². The minimum atomic E-state index is 0.467. The van der Waals surface area contributed by atoms with E-state index in [-0.39, 0.29) is 0 Å². The number of nitrogens with one attached hydrogen (secondary N) is 1. The molecule has 2 rings (SSSR count). The van der Waals surface area contributed by atoms with Crippen LogP contribution in [0.3, 0.4) is 0 Å². The lowest BCUT2D eigenvalue weighted by molar-refractivity contribution is 0.302. The summed E-state index contributed by atoms with van der Waals surface area (Å²) in [4.78, 5) is 2.19. The molecular formula is C19H24Cl2N2O. The van der Waals surface area contributed by atoms with Crippen LogP contribution in [-0.4, -0.2) is 32.1 Å². The third kappa shape index (κ3) is 6.33. The molecule has 0 bridgehead atoms. The number of para-hydroxylation sites is 1. The van der Waals surface area contributed by atoms with Crippen molar-refractivity contribution in [3.05, 3.63) is 63.6 Å². The number of halogens is 2. The Labute approximate surface area is 154 Å². The largest absolute Gasteiger partial charge is 0.489 e. The zero-order valence-corrected chi connectivity index (χ0v) is 15.7. The molecule has 0 aliphatic carbocycles. The second kappa shape index (κ2) is 9.90. The Hall–Kier alpha value is -1.26. The molecule has 0 aliphatic rings. The zero-order chi connectivity index (χ0) is 17.4. The van der Waals surface area contributed by atoms with Crippen LogP contribution in [0.15, 0.2) is 42.5 Å². The lowest BCUT2D eigenvalue weighted by Gasteiger charge is -2.13. The van der Waals surface area contributed by atoms with Crippen molar-refractivity contribution in [2.45, 2.75) is 19.6 Å². The third-order valence-electron chi connectivity index (χ3n) is 3.63. The smallest absolute Gasteiger partial charge is 0.124 e. The molecule has 2 aromatic carbocycles. The molecule has 0 unspecified atom stereocenters. The van der Waals surface area contributed by atoms with Gasteiger partial charge < -0.3 is 15.0 Å². The number of nitrogens with zero attached hydrogens (tertiary/aromatic N) is 1. The molecule has 0 amide bonds. The highest BCUT2D eigenvalue weighted by Gasteiger charge is 2.05. The van der Waals surface area contributed by atoms with Gasteiger partial charge in [-0.2, -0.15) is 0 Å². The van der Waals surface area contributed by atoms with Crippen LogP contribution in [0.2, 0.25) is 10.0 Å². The van der Waals surface area contributed by atoms with Crippen LogP contribution < -0.4 is 10.1 Å². The van der Waals surface area contributed by atoms with Crippen LogP contribution in [0, 0.1) is 0 Å². The summed E-state index contributed by atoms with van der Waals surface area (Å²) < 4.78 is 5.96. The summed E-state index contributed by atoms with van der Waals surface area (Å²) in [7, 11) is 4.18. The maximum atomic E-state index is 6.05. The van der Waals surface area contributed by atoms with E-state index in [1.165, 1.54) is 0 Å². The fourth-order valence-corrected chi connectivity index (χ4v) is 2.65. The van der Waals surface area contributed by atoms with Gasteiger partial charge in [0.05, 0.1) is 10.0 Å². The molecular weight excluding hydrogens is 343 g/mol. The molecule has 1 N–H and O–H groups in total. The van der Waals surface area contributed by atoms with Crippen molar-refractivity contribution in [3.8, 4) is 5.75 Å². The lowest BCUT2D eigenvalue weighted by atomic mass is 10.2. The molecule has 0 aliphatic heterocycles. The van der Waals surface area contributed by atoms with Crippen LogP contribution in [0.5, 0.6) is 5.75 Å². The minimum Gasteiger partial charge on any atom is -0.489 e. The van der Waals surface area contributed by atoms with Gasteiger partial charge in [-0.15, -0.1) is 0 Å². The predicted octanol–water partition coefficient (Wildman–Crippen LogP) is 4.61. The second-order valence-corrected chi connectivity index (χ2v) is 6.79. The normalized spacial score (nSPS) is 11.0. The maximum absolute atomic E-state index is 6.05. The molecule has 0 aromatic heterocycles. The Morgan fingerprint density at radius 1 is 1.04 bits per heavy atom. The van der Waals surface area contributed by atoms with E-state index in [1.807, 2.05) is 30.3 Å². The molecule has 0 atom stereocenters. The molecule has 0 saturated heterocycles. The minimum absolute atomic E-state index is 0.467. The van der Waals surface area contributed by atoms with Crippen molar-refractivity contribution < 1.29 is 4.74 Å². The maximum Gasteiger partial charge on any atom is 0.124 e. The van der Waals surface area contributed by atoms with E-state index >= 15 is 0 Å². The molecule has 3 nitrogen and oxygen atoms in total. The molecule has 2 aromatic rings. The first-order valence-electron chi connectivity index (χ1n) is 8.06. The monoisotopic (exact) mass is 366 g/mol. The van der Waals surface area contributed by atoms with Crippen molar-refractivity contribution in [1.29, 1.82) is 0 Å². The summed E-state index contributed by atoms with van der Waals surface area (Å²) in [5, 5.41) is 4.57. The molecule has 5 heteroatoms. The molecule has 0 heterocycles. The highest BCUT2D eigenvalue weighted by atomic mass is 35.5. The molecule has 0 saturated carbocycles. The molecule has 0 spiro atoms. The summed E-state index contributed by atoms with van der Waals surface area (Å²) in [6.45, 7) is 3.33. The SMILES string of the molecule is CN(C)CCCNCc1ccccc1OCc1ccc(Cl)c(Cl)c1. The Morgan fingerprint density at radius 3 is 2.58 bits per heavy atom. The highest BCUT2D eigenvalue weighted by Crippen LogP contribution is 2.24. The average Bonchev–Trinajstić information content (AvgIpc) is 2.56. The van der Waals surface area contributed by atoms with Crippen LogP contribution in [0.4, 0.5) is 0 Å². The Bertz CT molecular complexity index is 647. The van der Waals surface area contributed by atoms with E-state index in [0.29, 0.717) is 16.7 Å². The van der Waals surface area contributed by atoms with Gasteiger partial charge in [-0.05, 0) is 57.4 Å². The van der Waals surface area contributed by atoms with Crippen molar-refractivity contribution in [3.63, 3.8) is 0 Å². The summed E-state index contributed by atoms with van der Waals surface area (Å²) in [5.41, 5.74) is 2.15. The second-order valence-electron chi connectivity index (χ2n) is 5.98. The van der Waals surface area contributed by atoms with E-state index in [9.17, 15) is 0 Å². The molecule has 0 fully saturated rings. The third-order valence-corrected chi connectivity index (χ3v) is 4.36. The number of benzene rings is 2. The van der Waals surface area contributed by atoms with Gasteiger partial charge in [0.2, 0.25) is 0 Å². The number of hydrogen-bond acceptors (Lipinski definition) is 3. The Morgan fingerprint density at radius 2 is 1.83 bits per heavy atom. The fraction of sp³-hybridized carbons (Fsp3) is 0.368. The summed E-state index contributed by atoms with van der Waals surface area (Å²) in [5.74, 6) is 0.892. The van der Waals surface area contributed by atoms with Crippen molar-refractivity contribution >= 4 is 23.2 Å².